The van der Waals surface area contributed by atoms with E-state index < -0.39 is 10.2 Å². The van der Waals surface area contributed by atoms with Crippen molar-refractivity contribution in [3.05, 3.63) is 0 Å². The molecule has 0 bridgehead atoms. The van der Waals surface area contributed by atoms with Gasteiger partial charge in [0.15, 0.2) is 0 Å². The van der Waals surface area contributed by atoms with Crippen molar-refractivity contribution >= 4 is 22.0 Å². The lowest BCUT2D eigenvalue weighted by atomic mass is 10.0. The fraction of sp³-hybridized carbons (Fsp3) is 1.00. The number of nitrogens with one attached hydrogen (secondary N) is 2. The first-order valence-electron chi connectivity index (χ1n) is 7.97. The van der Waals surface area contributed by atoms with Crippen LogP contribution >= 0.6 is 11.8 Å². The van der Waals surface area contributed by atoms with Gasteiger partial charge in [0.05, 0.1) is 0 Å². The molecule has 1 rings (SSSR count). The smallest absolute Gasteiger partial charge is 0.280 e. The van der Waals surface area contributed by atoms with Crippen molar-refractivity contribution in [2.24, 2.45) is 0 Å². The summed E-state index contributed by atoms with van der Waals surface area (Å²) in [5, 5.41) is 3.37. The largest absolute Gasteiger partial charge is 0.313 e. The maximum absolute atomic E-state index is 12.6. The SMILES string of the molecule is CCSCC(C)NS(=O)(=O)N1CCCCC1CNC(C)C. The van der Waals surface area contributed by atoms with Crippen LogP contribution in [0.1, 0.15) is 47.0 Å². The van der Waals surface area contributed by atoms with Crippen LogP contribution in [-0.4, -0.2) is 55.4 Å². The third-order valence-corrected chi connectivity index (χ3v) is 6.51. The van der Waals surface area contributed by atoms with Crippen LogP contribution in [0, 0.1) is 0 Å². The zero-order valence-electron chi connectivity index (χ0n) is 13.8. The van der Waals surface area contributed by atoms with E-state index in [1.54, 1.807) is 16.1 Å². The molecule has 0 aromatic heterocycles. The molecule has 0 aromatic carbocycles. The quantitative estimate of drug-likeness (QED) is 0.674. The van der Waals surface area contributed by atoms with Crippen molar-refractivity contribution in [1.82, 2.24) is 14.3 Å². The second-order valence-corrected chi connectivity index (χ2v) is 8.98. The highest BCUT2D eigenvalue weighted by Gasteiger charge is 2.32. The van der Waals surface area contributed by atoms with Gasteiger partial charge in [-0.25, -0.2) is 0 Å². The molecule has 0 radical (unpaired) electrons. The molecule has 2 atom stereocenters. The summed E-state index contributed by atoms with van der Waals surface area (Å²) in [6.45, 7) is 9.56. The van der Waals surface area contributed by atoms with Crippen molar-refractivity contribution < 1.29 is 8.42 Å². The molecule has 1 saturated heterocycles. The summed E-state index contributed by atoms with van der Waals surface area (Å²) in [5.74, 6) is 1.83. The molecule has 1 aliphatic heterocycles. The third-order valence-electron chi connectivity index (χ3n) is 3.57. The van der Waals surface area contributed by atoms with Gasteiger partial charge >= 0.3 is 0 Å². The lowest BCUT2D eigenvalue weighted by Crippen LogP contribution is -2.54. The molecule has 1 heterocycles. The molecule has 2 N–H and O–H groups in total. The van der Waals surface area contributed by atoms with E-state index in [-0.39, 0.29) is 12.1 Å². The van der Waals surface area contributed by atoms with Gasteiger partial charge in [-0.05, 0) is 25.5 Å². The van der Waals surface area contributed by atoms with E-state index in [0.29, 0.717) is 12.6 Å². The van der Waals surface area contributed by atoms with Gasteiger partial charge in [-0.1, -0.05) is 27.2 Å². The van der Waals surface area contributed by atoms with Crippen LogP contribution in [0.4, 0.5) is 0 Å². The number of thioether (sulfide) groups is 1. The maximum Gasteiger partial charge on any atom is 0.280 e. The second kappa shape index (κ2) is 9.35. The van der Waals surface area contributed by atoms with Crippen LogP contribution in [0.5, 0.6) is 0 Å². The average Bonchev–Trinajstić information content (AvgIpc) is 2.42. The van der Waals surface area contributed by atoms with Gasteiger partial charge in [0, 0.05) is 37.0 Å². The summed E-state index contributed by atoms with van der Waals surface area (Å²) in [7, 11) is -3.38. The Morgan fingerprint density at radius 1 is 1.29 bits per heavy atom. The Balaban J connectivity index is 2.63. The Bertz CT molecular complexity index is 388. The van der Waals surface area contributed by atoms with Gasteiger partial charge in [-0.15, -0.1) is 0 Å². The molecule has 2 unspecified atom stereocenters. The van der Waals surface area contributed by atoms with Gasteiger partial charge in [0.1, 0.15) is 0 Å². The Morgan fingerprint density at radius 2 is 2.00 bits per heavy atom. The lowest BCUT2D eigenvalue weighted by molar-refractivity contribution is 0.238. The normalized spacial score (nSPS) is 22.6. The van der Waals surface area contributed by atoms with E-state index in [0.717, 1.165) is 37.3 Å². The van der Waals surface area contributed by atoms with Crippen LogP contribution in [0.15, 0.2) is 0 Å². The predicted molar refractivity (Wildman–Crippen MR) is 92.0 cm³/mol. The second-order valence-electron chi connectivity index (χ2n) is 6.01. The van der Waals surface area contributed by atoms with Gasteiger partial charge in [0.25, 0.3) is 10.2 Å². The molecule has 0 spiro atoms. The van der Waals surface area contributed by atoms with Crippen molar-refractivity contribution in [2.75, 3.05) is 24.6 Å². The summed E-state index contributed by atoms with van der Waals surface area (Å²) in [4.78, 5) is 0. The molecule has 0 aromatic rings. The molecule has 5 nitrogen and oxygen atoms in total. The van der Waals surface area contributed by atoms with E-state index >= 15 is 0 Å². The Morgan fingerprint density at radius 3 is 2.62 bits per heavy atom. The minimum atomic E-state index is -3.38. The number of hydrogen-bond acceptors (Lipinski definition) is 4. The number of piperidine rings is 1. The van der Waals surface area contributed by atoms with Crippen LogP contribution in [0.3, 0.4) is 0 Å². The van der Waals surface area contributed by atoms with Crippen molar-refractivity contribution in [2.45, 2.75) is 65.1 Å². The van der Waals surface area contributed by atoms with Gasteiger partial charge < -0.3 is 5.32 Å². The Labute approximate surface area is 134 Å². The average molecular weight is 338 g/mol. The fourth-order valence-corrected chi connectivity index (χ4v) is 4.96. The first kappa shape index (κ1) is 19.2. The molecule has 21 heavy (non-hydrogen) atoms. The summed E-state index contributed by atoms with van der Waals surface area (Å²) < 4.78 is 29.7. The molecule has 126 valence electrons. The molecule has 0 saturated carbocycles. The molecule has 0 aliphatic carbocycles. The third kappa shape index (κ3) is 6.86. The molecule has 1 fully saturated rings. The maximum atomic E-state index is 12.6. The minimum Gasteiger partial charge on any atom is -0.313 e. The van der Waals surface area contributed by atoms with Gasteiger partial charge in [0.2, 0.25) is 0 Å². The molecular weight excluding hydrogens is 306 g/mol. The van der Waals surface area contributed by atoms with Crippen LogP contribution in [-0.2, 0) is 10.2 Å². The van der Waals surface area contributed by atoms with Crippen molar-refractivity contribution in [1.29, 1.82) is 0 Å². The fourth-order valence-electron chi connectivity index (χ4n) is 2.52. The van der Waals surface area contributed by atoms with E-state index in [1.165, 1.54) is 0 Å². The van der Waals surface area contributed by atoms with Crippen molar-refractivity contribution in [3.8, 4) is 0 Å². The molecule has 1 aliphatic rings. The highest BCUT2D eigenvalue weighted by atomic mass is 32.2. The molecule has 7 heteroatoms. The monoisotopic (exact) mass is 337 g/mol. The van der Waals surface area contributed by atoms with Crippen LogP contribution < -0.4 is 10.0 Å². The van der Waals surface area contributed by atoms with Crippen LogP contribution in [0.2, 0.25) is 0 Å². The highest BCUT2D eigenvalue weighted by Crippen LogP contribution is 2.20. The van der Waals surface area contributed by atoms with Gasteiger partial charge in [-0.2, -0.15) is 29.2 Å². The van der Waals surface area contributed by atoms with E-state index in [2.05, 4.69) is 30.8 Å². The zero-order valence-corrected chi connectivity index (χ0v) is 15.4. The summed E-state index contributed by atoms with van der Waals surface area (Å²) in [5.41, 5.74) is 0. The van der Waals surface area contributed by atoms with E-state index in [4.69, 9.17) is 0 Å². The van der Waals surface area contributed by atoms with E-state index in [9.17, 15) is 8.42 Å². The van der Waals surface area contributed by atoms with Crippen LogP contribution in [0.25, 0.3) is 0 Å². The zero-order chi connectivity index (χ0) is 15.9. The highest BCUT2D eigenvalue weighted by molar-refractivity contribution is 7.99. The van der Waals surface area contributed by atoms with Crippen molar-refractivity contribution in [3.63, 3.8) is 0 Å². The predicted octanol–water partition coefficient (Wildman–Crippen LogP) is 1.81. The Kier molecular flexibility index (Phi) is 8.56. The summed E-state index contributed by atoms with van der Waals surface area (Å²) in [6.07, 6.45) is 3.01. The summed E-state index contributed by atoms with van der Waals surface area (Å²) >= 11 is 1.76. The molecular formula is C14H31N3O2S2. The van der Waals surface area contributed by atoms with E-state index in [1.807, 2.05) is 6.92 Å². The lowest BCUT2D eigenvalue weighted by Gasteiger charge is -2.36. The number of rotatable bonds is 9. The first-order valence-corrected chi connectivity index (χ1v) is 10.6. The van der Waals surface area contributed by atoms with Gasteiger partial charge in [-0.3, -0.25) is 0 Å². The number of nitrogens with zero attached hydrogens (tertiary/aromatic N) is 1. The first-order chi connectivity index (χ1) is 9.86. The number of hydrogen-bond donors (Lipinski definition) is 2. The topological polar surface area (TPSA) is 61.4 Å². The summed E-state index contributed by atoms with van der Waals surface area (Å²) in [6, 6.07) is 0.426. The standard InChI is InChI=1S/C14H31N3O2S2/c1-5-20-11-13(4)16-21(18,19)17-9-7-6-8-14(17)10-15-12(2)3/h12-16H,5-11H2,1-4H3. The Hall–Kier alpha value is 0.180. The molecule has 0 amide bonds. The minimum absolute atomic E-state index is 0.0272.